The molecule has 3 unspecified atom stereocenters. The molecular weight excluding hydrogens is 512 g/mol. The van der Waals surface area contributed by atoms with Gasteiger partial charge in [0, 0.05) is 12.8 Å². The van der Waals surface area contributed by atoms with E-state index in [4.69, 9.17) is 24.3 Å². The summed E-state index contributed by atoms with van der Waals surface area (Å²) in [5.74, 6) is -1.00. The quantitative estimate of drug-likeness (QED) is 0.0984. The molecule has 20 heteroatoms. The van der Waals surface area contributed by atoms with E-state index in [1.165, 1.54) is 0 Å². The van der Waals surface area contributed by atoms with E-state index in [-0.39, 0.29) is 6.61 Å². The number of hydrogen-bond donors (Lipinski definition) is 6. The van der Waals surface area contributed by atoms with Crippen molar-refractivity contribution < 1.29 is 74.8 Å². The van der Waals surface area contributed by atoms with E-state index in [2.05, 4.69) is 24.2 Å². The molecule has 0 bridgehead atoms. The van der Waals surface area contributed by atoms with Gasteiger partial charge in [-0.25, -0.2) is 18.3 Å². The molecule has 0 aromatic heterocycles. The number of phosphoric acid groups is 4. The molecule has 31 heavy (non-hydrogen) atoms. The van der Waals surface area contributed by atoms with Gasteiger partial charge in [0.1, 0.15) is 0 Å². The van der Waals surface area contributed by atoms with Crippen molar-refractivity contribution >= 4 is 37.3 Å². The minimum absolute atomic E-state index is 0.113. The van der Waals surface area contributed by atoms with E-state index in [0.29, 0.717) is 12.0 Å². The van der Waals surface area contributed by atoms with Crippen LogP contribution in [0.3, 0.4) is 0 Å². The topological polar surface area (TPSA) is 253 Å². The summed E-state index contributed by atoms with van der Waals surface area (Å²) in [6.45, 7) is 5.18. The highest BCUT2D eigenvalue weighted by molar-refractivity contribution is 7.61. The first-order valence-electron chi connectivity index (χ1n) is 7.98. The Bertz CT molecular complexity index is 827. The van der Waals surface area contributed by atoms with Gasteiger partial charge in [0.2, 0.25) is 0 Å². The predicted molar refractivity (Wildman–Crippen MR) is 101 cm³/mol. The second-order valence-corrected chi connectivity index (χ2v) is 11.9. The van der Waals surface area contributed by atoms with E-state index < -0.39 is 62.3 Å². The predicted octanol–water partition coefficient (Wildman–Crippen LogP) is 1.49. The van der Waals surface area contributed by atoms with Crippen LogP contribution in [0.1, 0.15) is 33.1 Å². The van der Waals surface area contributed by atoms with Gasteiger partial charge in [-0.3, -0.25) is 13.8 Å². The summed E-state index contributed by atoms with van der Waals surface area (Å²) < 4.78 is 65.8. The van der Waals surface area contributed by atoms with Crippen LogP contribution < -0.4 is 0 Å². The number of phosphoric ester groups is 2. The fourth-order valence-corrected chi connectivity index (χ4v) is 5.33. The molecule has 16 nitrogen and oxygen atoms in total. The van der Waals surface area contributed by atoms with Crippen LogP contribution in [0.25, 0.3) is 0 Å². The third-order valence-electron chi connectivity index (χ3n) is 2.95. The minimum atomic E-state index is -5.50. The van der Waals surface area contributed by atoms with Crippen LogP contribution >= 0.6 is 31.3 Å². The standard InChI is InChI=1S/C11H24O16P4/c1-9(2)4-6-23-10(12)8-11(3,25-31(21,22)27-29(16,17)18)5-7-24-30(19,20)26-28(13,14)15/h1,4-8H2,2-3H3,(H,19,20)(H,21,22)(H2,13,14,15)(H2,16,17,18). The van der Waals surface area contributed by atoms with Crippen LogP contribution in [0, 0.1) is 0 Å². The maximum atomic E-state index is 12.0. The first-order valence-corrected chi connectivity index (χ1v) is 14.0. The van der Waals surface area contributed by atoms with Crippen molar-refractivity contribution in [3.63, 3.8) is 0 Å². The molecule has 0 aliphatic carbocycles. The lowest BCUT2D eigenvalue weighted by Crippen LogP contribution is -2.33. The molecule has 0 amide bonds. The molecule has 0 aromatic carbocycles. The summed E-state index contributed by atoms with van der Waals surface area (Å²) in [7, 11) is -21.7. The molecule has 0 rings (SSSR count). The van der Waals surface area contributed by atoms with Crippen LogP contribution in [0.15, 0.2) is 12.2 Å². The van der Waals surface area contributed by atoms with Crippen LogP contribution in [0.5, 0.6) is 0 Å². The first kappa shape index (κ1) is 30.7. The van der Waals surface area contributed by atoms with Gasteiger partial charge in [0.25, 0.3) is 0 Å². The van der Waals surface area contributed by atoms with Crippen molar-refractivity contribution in [3.8, 4) is 0 Å². The molecule has 0 fully saturated rings. The molecule has 0 aromatic rings. The second-order valence-electron chi connectivity index (χ2n) is 6.31. The Kier molecular flexibility index (Phi) is 11.6. The van der Waals surface area contributed by atoms with Crippen molar-refractivity contribution in [2.24, 2.45) is 0 Å². The normalized spacial score (nSPS) is 18.5. The molecular formula is C11H24O16P4. The van der Waals surface area contributed by atoms with Crippen LogP contribution in [-0.4, -0.2) is 54.1 Å². The largest absolute Gasteiger partial charge is 0.481 e. The van der Waals surface area contributed by atoms with Gasteiger partial charge in [-0.05, 0) is 13.8 Å². The Labute approximate surface area is 176 Å². The number of ether oxygens (including phenoxy) is 1. The van der Waals surface area contributed by atoms with Gasteiger partial charge >= 0.3 is 37.3 Å². The highest BCUT2D eigenvalue weighted by Gasteiger charge is 2.42. The second kappa shape index (κ2) is 11.7. The Balaban J connectivity index is 5.33. The molecule has 0 heterocycles. The van der Waals surface area contributed by atoms with Gasteiger partial charge in [-0.1, -0.05) is 5.57 Å². The molecule has 0 aliphatic rings. The van der Waals surface area contributed by atoms with Crippen LogP contribution in [0.2, 0.25) is 0 Å². The Hall–Kier alpha value is -0.270. The Morgan fingerprint density at radius 2 is 1.39 bits per heavy atom. The van der Waals surface area contributed by atoms with Gasteiger partial charge < -0.3 is 34.1 Å². The van der Waals surface area contributed by atoms with Crippen LogP contribution in [0.4, 0.5) is 0 Å². The van der Waals surface area contributed by atoms with Crippen LogP contribution in [-0.2, 0) is 45.5 Å². The van der Waals surface area contributed by atoms with Crippen molar-refractivity contribution in [2.45, 2.75) is 38.7 Å². The van der Waals surface area contributed by atoms with Crippen molar-refractivity contribution in [1.82, 2.24) is 0 Å². The maximum Gasteiger partial charge on any atom is 0.481 e. The van der Waals surface area contributed by atoms with Gasteiger partial charge in [-0.15, -0.1) is 6.58 Å². The SMILES string of the molecule is C=C(C)CCOC(=O)CC(C)(CCOP(=O)(O)OP(=O)(O)O)OP(=O)(O)OP(=O)(O)O. The summed E-state index contributed by atoms with van der Waals surface area (Å²) in [6.07, 6.45) is -1.23. The average molecular weight is 536 g/mol. The van der Waals surface area contributed by atoms with Gasteiger partial charge in [-0.2, -0.15) is 8.62 Å². The molecule has 3 atom stereocenters. The summed E-state index contributed by atoms with van der Waals surface area (Å²) in [5.41, 5.74) is -1.44. The van der Waals surface area contributed by atoms with Gasteiger partial charge in [0.15, 0.2) is 0 Å². The number of carbonyl (C=O) groups excluding carboxylic acids is 1. The number of carbonyl (C=O) groups is 1. The summed E-state index contributed by atoms with van der Waals surface area (Å²) in [4.78, 5) is 65.2. The number of hydrogen-bond acceptors (Lipinski definition) is 10. The third kappa shape index (κ3) is 16.9. The van der Waals surface area contributed by atoms with Crippen molar-refractivity contribution in [1.29, 1.82) is 0 Å². The molecule has 6 N–H and O–H groups in total. The van der Waals surface area contributed by atoms with E-state index >= 15 is 0 Å². The zero-order chi connectivity index (χ0) is 24.7. The monoisotopic (exact) mass is 536 g/mol. The molecule has 0 saturated carbocycles. The van der Waals surface area contributed by atoms with Gasteiger partial charge in [0.05, 0.1) is 25.2 Å². The zero-order valence-electron chi connectivity index (χ0n) is 16.3. The molecule has 0 aliphatic heterocycles. The highest BCUT2D eigenvalue weighted by Crippen LogP contribution is 2.60. The average Bonchev–Trinajstić information content (AvgIpc) is 2.39. The fourth-order valence-electron chi connectivity index (χ4n) is 1.83. The lowest BCUT2D eigenvalue weighted by molar-refractivity contribution is -0.148. The van der Waals surface area contributed by atoms with Crippen molar-refractivity contribution in [2.75, 3.05) is 13.2 Å². The lowest BCUT2D eigenvalue weighted by atomic mass is 9.99. The smallest absolute Gasteiger partial charge is 0.465 e. The third-order valence-corrected chi connectivity index (χ3v) is 7.48. The molecule has 0 saturated heterocycles. The number of esters is 1. The van der Waals surface area contributed by atoms with Crippen molar-refractivity contribution in [3.05, 3.63) is 12.2 Å². The first-order chi connectivity index (χ1) is 13.6. The number of rotatable bonds is 15. The summed E-state index contributed by atoms with van der Waals surface area (Å²) in [5, 5.41) is 0. The fraction of sp³-hybridized carbons (Fsp3) is 0.727. The molecule has 184 valence electrons. The lowest BCUT2D eigenvalue weighted by Gasteiger charge is -2.30. The molecule has 0 spiro atoms. The zero-order valence-corrected chi connectivity index (χ0v) is 19.9. The van der Waals surface area contributed by atoms with E-state index in [9.17, 15) is 32.8 Å². The molecule has 0 radical (unpaired) electrons. The maximum absolute atomic E-state index is 12.0. The summed E-state index contributed by atoms with van der Waals surface area (Å²) >= 11 is 0. The van der Waals surface area contributed by atoms with E-state index in [0.717, 1.165) is 6.92 Å². The summed E-state index contributed by atoms with van der Waals surface area (Å²) in [6, 6.07) is 0. The van der Waals surface area contributed by atoms with E-state index in [1.807, 2.05) is 0 Å². The Morgan fingerprint density at radius 3 is 1.84 bits per heavy atom. The highest BCUT2D eigenvalue weighted by atomic mass is 31.3. The van der Waals surface area contributed by atoms with E-state index in [1.54, 1.807) is 6.92 Å². The Morgan fingerprint density at radius 1 is 0.903 bits per heavy atom. The minimum Gasteiger partial charge on any atom is -0.465 e.